The van der Waals surface area contributed by atoms with Crippen molar-refractivity contribution in [2.24, 2.45) is 11.7 Å². The van der Waals surface area contributed by atoms with Crippen LogP contribution in [0.4, 0.5) is 0 Å². The summed E-state index contributed by atoms with van der Waals surface area (Å²) in [6.45, 7) is 5.04. The van der Waals surface area contributed by atoms with Crippen LogP contribution in [0.5, 0.6) is 0 Å². The zero-order valence-electron chi connectivity index (χ0n) is 23.5. The normalized spacial score (nSPS) is 15.0. The Morgan fingerprint density at radius 2 is 1.44 bits per heavy atom. The molecule has 0 aliphatic carbocycles. The van der Waals surface area contributed by atoms with E-state index in [4.69, 9.17) is 5.73 Å². The summed E-state index contributed by atoms with van der Waals surface area (Å²) in [7, 11) is 0. The fourth-order valence-electron chi connectivity index (χ4n) is 4.59. The molecule has 220 valence electrons. The summed E-state index contributed by atoms with van der Waals surface area (Å²) in [5.41, 5.74) is 8.77. The van der Waals surface area contributed by atoms with Gasteiger partial charge in [-0.3, -0.25) is 14.4 Å². The molecule has 0 spiro atoms. The van der Waals surface area contributed by atoms with E-state index in [0.717, 1.165) is 22.0 Å². The number of aliphatic carboxylic acids is 1. The Hall–Kier alpha value is -4.22. The van der Waals surface area contributed by atoms with Crippen LogP contribution in [0.3, 0.4) is 0 Å². The third-order valence-corrected chi connectivity index (χ3v) is 6.75. The van der Waals surface area contributed by atoms with Crippen molar-refractivity contribution in [2.75, 3.05) is 0 Å². The summed E-state index contributed by atoms with van der Waals surface area (Å²) in [5, 5.41) is 27.9. The first-order chi connectivity index (χ1) is 19.5. The molecule has 2 aromatic carbocycles. The van der Waals surface area contributed by atoms with E-state index in [1.54, 1.807) is 36.5 Å². The molecule has 0 saturated heterocycles. The van der Waals surface area contributed by atoms with Gasteiger partial charge in [-0.1, -0.05) is 62.4 Å². The van der Waals surface area contributed by atoms with Gasteiger partial charge in [0, 0.05) is 23.5 Å². The Labute approximate surface area is 238 Å². The summed E-state index contributed by atoms with van der Waals surface area (Å²) in [4.78, 5) is 54.4. The minimum Gasteiger partial charge on any atom is -0.480 e. The number of carbonyl (C=O) groups is 4. The van der Waals surface area contributed by atoms with E-state index in [2.05, 4.69) is 20.9 Å². The van der Waals surface area contributed by atoms with E-state index in [-0.39, 0.29) is 25.2 Å². The number of carboxylic acids is 1. The van der Waals surface area contributed by atoms with E-state index in [0.29, 0.717) is 0 Å². The highest BCUT2D eigenvalue weighted by Gasteiger charge is 2.32. The Morgan fingerprint density at radius 1 is 0.829 bits per heavy atom. The number of hydrogen-bond donors (Lipinski definition) is 7. The fourth-order valence-corrected chi connectivity index (χ4v) is 4.59. The van der Waals surface area contributed by atoms with Gasteiger partial charge in [0.1, 0.15) is 12.1 Å². The molecule has 0 radical (unpaired) electrons. The van der Waals surface area contributed by atoms with E-state index in [9.17, 15) is 29.4 Å². The Balaban J connectivity index is 1.75. The molecule has 0 saturated carbocycles. The summed E-state index contributed by atoms with van der Waals surface area (Å²) in [6, 6.07) is 11.9. The predicted octanol–water partition coefficient (Wildman–Crippen LogP) is 1.25. The van der Waals surface area contributed by atoms with Crippen LogP contribution in [0, 0.1) is 5.92 Å². The van der Waals surface area contributed by atoms with Gasteiger partial charge in [-0.25, -0.2) is 4.79 Å². The number of carbonyl (C=O) groups excluding carboxylic acids is 3. The van der Waals surface area contributed by atoms with Gasteiger partial charge in [-0.05, 0) is 42.9 Å². The van der Waals surface area contributed by atoms with Crippen LogP contribution in [0.2, 0.25) is 0 Å². The fraction of sp³-hybridized carbons (Fsp3) is 0.400. The molecule has 11 heteroatoms. The molecule has 5 atom stereocenters. The molecule has 0 fully saturated rings. The first-order valence-electron chi connectivity index (χ1n) is 13.6. The van der Waals surface area contributed by atoms with Crippen molar-refractivity contribution in [3.05, 3.63) is 71.9 Å². The van der Waals surface area contributed by atoms with Gasteiger partial charge >= 0.3 is 5.97 Å². The van der Waals surface area contributed by atoms with E-state index in [1.807, 2.05) is 38.1 Å². The monoisotopic (exact) mass is 565 g/mol. The lowest BCUT2D eigenvalue weighted by molar-refractivity contribution is -0.145. The van der Waals surface area contributed by atoms with Crippen molar-refractivity contribution < 1.29 is 29.4 Å². The van der Waals surface area contributed by atoms with Crippen LogP contribution >= 0.6 is 0 Å². The lowest BCUT2D eigenvalue weighted by Gasteiger charge is -2.26. The summed E-state index contributed by atoms with van der Waals surface area (Å²) in [6.07, 6.45) is 1.03. The second-order valence-electron chi connectivity index (χ2n) is 10.7. The molecule has 0 bridgehead atoms. The van der Waals surface area contributed by atoms with Crippen molar-refractivity contribution in [3.63, 3.8) is 0 Å². The SMILES string of the molecule is CC(C)CC(NC(=O)C(N)Cc1c[nH]c2ccccc12)C(=O)NC(Cc1ccccc1)C(=O)NC(C(=O)O)C(C)O. The molecular weight excluding hydrogens is 526 g/mol. The number of aromatic nitrogens is 1. The number of H-pyrrole nitrogens is 1. The maximum Gasteiger partial charge on any atom is 0.328 e. The molecule has 41 heavy (non-hydrogen) atoms. The van der Waals surface area contributed by atoms with Crippen LogP contribution in [0.1, 0.15) is 38.3 Å². The highest BCUT2D eigenvalue weighted by molar-refractivity contribution is 5.94. The number of amides is 3. The van der Waals surface area contributed by atoms with E-state index >= 15 is 0 Å². The largest absolute Gasteiger partial charge is 0.480 e. The minimum absolute atomic E-state index is 0.0175. The van der Waals surface area contributed by atoms with Gasteiger partial charge in [-0.15, -0.1) is 0 Å². The minimum atomic E-state index is -1.56. The van der Waals surface area contributed by atoms with Gasteiger partial charge in [0.2, 0.25) is 17.7 Å². The average Bonchev–Trinajstić information content (AvgIpc) is 3.33. The Bertz CT molecular complexity index is 1340. The third kappa shape index (κ3) is 8.89. The topological polar surface area (TPSA) is 187 Å². The third-order valence-electron chi connectivity index (χ3n) is 6.75. The molecule has 3 aromatic rings. The molecule has 5 unspecified atom stereocenters. The Kier molecular flexibility index (Phi) is 11.0. The molecule has 3 amide bonds. The van der Waals surface area contributed by atoms with Crippen molar-refractivity contribution >= 4 is 34.6 Å². The van der Waals surface area contributed by atoms with Gasteiger partial charge in [0.25, 0.3) is 0 Å². The molecule has 11 nitrogen and oxygen atoms in total. The Morgan fingerprint density at radius 3 is 2.07 bits per heavy atom. The molecule has 3 rings (SSSR count). The molecular formula is C30H39N5O6. The first kappa shape index (κ1) is 31.3. The van der Waals surface area contributed by atoms with Crippen molar-refractivity contribution in [2.45, 2.75) is 70.3 Å². The van der Waals surface area contributed by atoms with Crippen LogP contribution in [-0.2, 0) is 32.0 Å². The number of hydrogen-bond acceptors (Lipinski definition) is 6. The summed E-state index contributed by atoms with van der Waals surface area (Å²) in [5.74, 6) is -3.29. The second-order valence-corrected chi connectivity index (χ2v) is 10.7. The summed E-state index contributed by atoms with van der Waals surface area (Å²) >= 11 is 0. The number of aromatic amines is 1. The number of para-hydroxylation sites is 1. The van der Waals surface area contributed by atoms with Crippen LogP contribution in [-0.4, -0.2) is 69.2 Å². The standard InChI is InChI=1S/C30H39N5O6/c1-17(2)13-24(33-27(37)22(31)15-20-16-32-23-12-8-7-11-21(20)23)28(38)34-25(14-19-9-5-4-6-10-19)29(39)35-26(18(3)36)30(40)41/h4-12,16-18,22,24-26,32,36H,13-15,31H2,1-3H3,(H,33,37)(H,34,38)(H,35,39)(H,40,41). The van der Waals surface area contributed by atoms with Gasteiger partial charge < -0.3 is 36.9 Å². The lowest BCUT2D eigenvalue weighted by Crippen LogP contribution is -2.59. The molecule has 0 aliphatic rings. The molecule has 1 heterocycles. The highest BCUT2D eigenvalue weighted by Crippen LogP contribution is 2.19. The molecule has 1 aromatic heterocycles. The summed E-state index contributed by atoms with van der Waals surface area (Å²) < 4.78 is 0. The highest BCUT2D eigenvalue weighted by atomic mass is 16.4. The van der Waals surface area contributed by atoms with Crippen LogP contribution in [0.25, 0.3) is 10.9 Å². The molecule has 0 aliphatic heterocycles. The lowest BCUT2D eigenvalue weighted by atomic mass is 9.99. The quantitative estimate of drug-likeness (QED) is 0.153. The predicted molar refractivity (Wildman–Crippen MR) is 155 cm³/mol. The average molecular weight is 566 g/mol. The van der Waals surface area contributed by atoms with Gasteiger partial charge in [0.15, 0.2) is 6.04 Å². The first-order valence-corrected chi connectivity index (χ1v) is 13.6. The van der Waals surface area contributed by atoms with Crippen molar-refractivity contribution in [1.82, 2.24) is 20.9 Å². The smallest absolute Gasteiger partial charge is 0.328 e. The van der Waals surface area contributed by atoms with E-state index < -0.39 is 54.0 Å². The number of carboxylic acid groups (broad SMARTS) is 1. The maximum atomic E-state index is 13.5. The number of nitrogens with two attached hydrogens (primary N) is 1. The van der Waals surface area contributed by atoms with Gasteiger partial charge in [0.05, 0.1) is 12.1 Å². The number of rotatable bonds is 14. The number of aliphatic hydroxyl groups is 1. The van der Waals surface area contributed by atoms with Crippen LogP contribution in [0.15, 0.2) is 60.8 Å². The van der Waals surface area contributed by atoms with Crippen molar-refractivity contribution in [3.8, 4) is 0 Å². The van der Waals surface area contributed by atoms with Crippen LogP contribution < -0.4 is 21.7 Å². The number of benzene rings is 2. The maximum absolute atomic E-state index is 13.5. The number of aliphatic hydroxyl groups excluding tert-OH is 1. The number of fused-ring (bicyclic) bond motifs is 1. The molecule has 8 N–H and O–H groups in total. The van der Waals surface area contributed by atoms with Gasteiger partial charge in [-0.2, -0.15) is 0 Å². The zero-order valence-corrected chi connectivity index (χ0v) is 23.5. The number of nitrogens with one attached hydrogen (secondary N) is 4. The van der Waals surface area contributed by atoms with Crippen molar-refractivity contribution in [1.29, 1.82) is 0 Å². The second kappa shape index (κ2) is 14.4. The van der Waals surface area contributed by atoms with E-state index in [1.165, 1.54) is 6.92 Å². The zero-order chi connectivity index (χ0) is 30.1.